The maximum Gasteiger partial charge on any atom is 0.303 e. The highest BCUT2D eigenvalue weighted by molar-refractivity contribution is 6.11. The molecule has 242 valence electrons. The van der Waals surface area contributed by atoms with Gasteiger partial charge >= 0.3 is 11.9 Å². The van der Waals surface area contributed by atoms with Crippen LogP contribution in [-0.2, 0) is 16.0 Å². The smallest absolute Gasteiger partial charge is 0.303 e. The summed E-state index contributed by atoms with van der Waals surface area (Å²) < 4.78 is 0. The lowest BCUT2D eigenvalue weighted by Crippen LogP contribution is -2.10. The Morgan fingerprint density at radius 3 is 2.06 bits per heavy atom. The van der Waals surface area contributed by atoms with E-state index in [1.807, 2.05) is 45.9 Å². The average Bonchev–Trinajstić information content (AvgIpc) is 3.68. The first-order valence-corrected chi connectivity index (χ1v) is 15.5. The number of carboxylic acids is 2. The Balaban J connectivity index is 2.03. The summed E-state index contributed by atoms with van der Waals surface area (Å²) in [5.41, 5.74) is 17.8. The van der Waals surface area contributed by atoms with Crippen molar-refractivity contribution >= 4 is 68.2 Å². The molecular weight excluding hydrogens is 594 g/mol. The number of ketones is 1. The van der Waals surface area contributed by atoms with Gasteiger partial charge < -0.3 is 25.9 Å². The fraction of sp³-hybridized carbons (Fsp3) is 0.270. The van der Waals surface area contributed by atoms with Crippen LogP contribution in [0.1, 0.15) is 94.9 Å². The van der Waals surface area contributed by atoms with E-state index in [4.69, 9.17) is 15.7 Å². The predicted octanol–water partition coefficient (Wildman–Crippen LogP) is 7.04. The number of allylic oxidation sites excluding steroid dienone is 5. The van der Waals surface area contributed by atoms with Gasteiger partial charge in [0.25, 0.3) is 0 Å². The molecule has 3 aromatic rings. The number of aryl methyl sites for hydroxylation is 3. The number of rotatable bonds is 11. The van der Waals surface area contributed by atoms with Crippen molar-refractivity contribution in [2.45, 2.75) is 59.8 Å². The van der Waals surface area contributed by atoms with Crippen molar-refractivity contribution in [3.63, 3.8) is 0 Å². The van der Waals surface area contributed by atoms with Gasteiger partial charge in [-0.3, -0.25) is 14.4 Å². The minimum absolute atomic E-state index is 0.0748. The molecule has 2 aliphatic heterocycles. The van der Waals surface area contributed by atoms with E-state index in [9.17, 15) is 24.6 Å². The molecule has 0 saturated heterocycles. The van der Waals surface area contributed by atoms with Crippen molar-refractivity contribution < 1.29 is 24.6 Å². The molecule has 5 heterocycles. The highest BCUT2D eigenvalue weighted by Crippen LogP contribution is 2.38. The zero-order chi connectivity index (χ0) is 34.2. The summed E-state index contributed by atoms with van der Waals surface area (Å²) in [6.07, 6.45) is 3.92. The summed E-state index contributed by atoms with van der Waals surface area (Å²) in [6, 6.07) is 5.66. The first-order valence-electron chi connectivity index (χ1n) is 15.5. The van der Waals surface area contributed by atoms with E-state index >= 15 is 0 Å². The van der Waals surface area contributed by atoms with Gasteiger partial charge in [-0.15, -0.1) is 0 Å². The fourth-order valence-electron chi connectivity index (χ4n) is 6.41. The van der Waals surface area contributed by atoms with Crippen LogP contribution in [0.4, 0.5) is 0 Å². The van der Waals surface area contributed by atoms with E-state index in [-0.39, 0.29) is 44.4 Å². The summed E-state index contributed by atoms with van der Waals surface area (Å²) in [5.74, 6) is -2.01. The van der Waals surface area contributed by atoms with E-state index < -0.39 is 11.9 Å². The second-order valence-corrected chi connectivity index (χ2v) is 11.8. The molecule has 10 heteroatoms. The quantitative estimate of drug-likeness (QED) is 0.140. The number of aliphatic carboxylic acids is 2. The lowest BCUT2D eigenvalue weighted by atomic mass is 9.97. The topological polar surface area (TPSA) is 175 Å². The molecule has 0 amide bonds. The first-order chi connectivity index (χ1) is 22.4. The van der Waals surface area contributed by atoms with Gasteiger partial charge in [-0.1, -0.05) is 25.3 Å². The highest BCUT2D eigenvalue weighted by atomic mass is 16.4. The molecule has 0 aromatic carbocycles. The summed E-state index contributed by atoms with van der Waals surface area (Å²) in [6.45, 7) is 15.9. The molecule has 0 unspecified atom stereocenters. The van der Waals surface area contributed by atoms with Crippen molar-refractivity contribution in [1.82, 2.24) is 19.9 Å². The Bertz CT molecular complexity index is 2110. The number of aromatic nitrogens is 4. The number of hydrogen-bond donors (Lipinski definition) is 5. The molecule has 0 radical (unpaired) electrons. The molecule has 8 bridgehead atoms. The third kappa shape index (κ3) is 6.12. The zero-order valence-electron chi connectivity index (χ0n) is 27.1. The molecule has 0 saturated carbocycles. The number of fused-ring (bicyclic) bond motifs is 8. The molecule has 3 aromatic heterocycles. The fourth-order valence-corrected chi connectivity index (χ4v) is 6.41. The number of hydrogen-bond acceptors (Lipinski definition) is 6. The van der Waals surface area contributed by atoms with Crippen molar-refractivity contribution in [2.24, 2.45) is 5.73 Å². The zero-order valence-corrected chi connectivity index (χ0v) is 27.1. The van der Waals surface area contributed by atoms with Crippen molar-refractivity contribution in [1.29, 1.82) is 0 Å². The molecule has 0 aliphatic carbocycles. The molecule has 5 rings (SSSR count). The second-order valence-electron chi connectivity index (χ2n) is 11.8. The third-order valence-corrected chi connectivity index (χ3v) is 9.01. The number of nitrogens with one attached hydrogen (secondary N) is 2. The minimum Gasteiger partial charge on any atom is -0.481 e. The normalized spacial score (nSPS) is 12.9. The SMILES string of the molecule is C=CC1=C(C)c2nc1cc1[nH]c(cc3nc(cc4[nH]c(c(C=C)c4C)c2C(=O)CCN)C(C)=C3CCC(=O)O)c(CCC(=O)O)c1C. The highest BCUT2D eigenvalue weighted by Gasteiger charge is 2.25. The van der Waals surface area contributed by atoms with E-state index in [1.54, 1.807) is 12.2 Å². The van der Waals surface area contributed by atoms with Gasteiger partial charge in [0.2, 0.25) is 0 Å². The lowest BCUT2D eigenvalue weighted by molar-refractivity contribution is -0.137. The van der Waals surface area contributed by atoms with E-state index in [0.29, 0.717) is 39.4 Å². The van der Waals surface area contributed by atoms with Crippen molar-refractivity contribution in [2.75, 3.05) is 6.54 Å². The Hall–Kier alpha value is -5.35. The second kappa shape index (κ2) is 13.2. The summed E-state index contributed by atoms with van der Waals surface area (Å²) in [7, 11) is 0. The van der Waals surface area contributed by atoms with Gasteiger partial charge in [-0.25, -0.2) is 9.97 Å². The molecule has 10 nitrogen and oxygen atoms in total. The summed E-state index contributed by atoms with van der Waals surface area (Å²) >= 11 is 0. The van der Waals surface area contributed by atoms with Crippen molar-refractivity contribution in [3.8, 4) is 0 Å². The van der Waals surface area contributed by atoms with E-state index in [2.05, 4.69) is 23.1 Å². The van der Waals surface area contributed by atoms with Gasteiger partial charge in [0.1, 0.15) is 0 Å². The standard InChI is InChI=1S/C37H39N5O5/c1-7-22-21(6)36-35(32(43)13-14-38)37-23(8-2)18(3)28(41-37)15-26-19(4)24(9-11-33(44)45)30(39-26)17-31-25(10-12-34(46)47)20(5)27(40-31)16-29(22)42-36/h7-8,15-17,40-41H,1-2,9-14,38H2,3-6H3,(H,44,45)(H,46,47). The van der Waals surface area contributed by atoms with Gasteiger partial charge in [0, 0.05) is 46.9 Å². The van der Waals surface area contributed by atoms with Gasteiger partial charge in [0.05, 0.1) is 33.9 Å². The largest absolute Gasteiger partial charge is 0.481 e. The molecule has 0 spiro atoms. The van der Waals surface area contributed by atoms with Crippen LogP contribution in [0.25, 0.3) is 50.4 Å². The first kappa shape index (κ1) is 33.0. The van der Waals surface area contributed by atoms with Crippen LogP contribution < -0.4 is 5.73 Å². The number of carbonyl (C=O) groups is 3. The minimum atomic E-state index is -0.921. The van der Waals surface area contributed by atoms with E-state index in [0.717, 1.165) is 55.6 Å². The third-order valence-electron chi connectivity index (χ3n) is 9.01. The Kier molecular flexibility index (Phi) is 9.26. The number of nitrogens with zero attached hydrogens (tertiary/aromatic N) is 2. The van der Waals surface area contributed by atoms with Crippen LogP contribution in [0, 0.1) is 13.8 Å². The number of nitrogens with two attached hydrogens (primary N) is 1. The van der Waals surface area contributed by atoms with Crippen LogP contribution in [0.2, 0.25) is 0 Å². The van der Waals surface area contributed by atoms with Gasteiger partial charge in [0.15, 0.2) is 5.78 Å². The van der Waals surface area contributed by atoms with Gasteiger partial charge in [-0.05, 0) is 98.7 Å². The maximum absolute atomic E-state index is 13.9. The van der Waals surface area contributed by atoms with Crippen LogP contribution in [0.3, 0.4) is 0 Å². The van der Waals surface area contributed by atoms with Crippen LogP contribution in [0.5, 0.6) is 0 Å². The molecule has 2 aliphatic rings. The molecule has 0 fully saturated rings. The van der Waals surface area contributed by atoms with Crippen LogP contribution in [0.15, 0.2) is 37.4 Å². The summed E-state index contributed by atoms with van der Waals surface area (Å²) in [5, 5.41) is 19.0. The van der Waals surface area contributed by atoms with Crippen LogP contribution in [-0.4, -0.2) is 54.4 Å². The predicted molar refractivity (Wildman–Crippen MR) is 187 cm³/mol. The monoisotopic (exact) mass is 633 g/mol. The number of H-pyrrole nitrogens is 2. The Morgan fingerprint density at radius 1 is 0.787 bits per heavy atom. The maximum atomic E-state index is 13.9. The number of aromatic amines is 2. The molecular formula is C37H39N5O5. The number of carboxylic acid groups (broad SMARTS) is 2. The van der Waals surface area contributed by atoms with Gasteiger partial charge in [-0.2, -0.15) is 0 Å². The summed E-state index contributed by atoms with van der Waals surface area (Å²) in [4.78, 5) is 54.0. The Labute approximate surface area is 272 Å². The number of Topliss-reactive ketones (excluding diaryl/α,β-unsaturated/α-hetero) is 1. The molecule has 47 heavy (non-hydrogen) atoms. The molecule has 6 N–H and O–H groups in total. The average molecular weight is 634 g/mol. The van der Waals surface area contributed by atoms with Crippen LogP contribution >= 0.6 is 0 Å². The lowest BCUT2D eigenvalue weighted by Gasteiger charge is -2.06. The van der Waals surface area contributed by atoms with E-state index in [1.165, 1.54) is 0 Å². The Morgan fingerprint density at radius 2 is 1.43 bits per heavy atom. The molecule has 0 atom stereocenters. The number of carbonyl (C=O) groups excluding carboxylic acids is 1. The van der Waals surface area contributed by atoms with Crippen molar-refractivity contribution in [3.05, 3.63) is 88.0 Å².